The van der Waals surface area contributed by atoms with Gasteiger partial charge < -0.3 is 10.7 Å². The Balaban J connectivity index is 1.53. The van der Waals surface area contributed by atoms with E-state index in [2.05, 4.69) is 50.3 Å². The Kier molecular flexibility index (Phi) is 3.43. The van der Waals surface area contributed by atoms with Gasteiger partial charge in [0.2, 0.25) is 0 Å². The predicted octanol–water partition coefficient (Wildman–Crippen LogP) is 3.68. The summed E-state index contributed by atoms with van der Waals surface area (Å²) in [4.78, 5) is 16.4. The molecule has 6 rings (SSSR count). The third-order valence-electron chi connectivity index (χ3n) is 5.86. The Hall–Kier alpha value is -3.74. The molecule has 1 unspecified atom stereocenters. The van der Waals surface area contributed by atoms with E-state index in [1.165, 1.54) is 17.5 Å². The summed E-state index contributed by atoms with van der Waals surface area (Å²) in [6, 6.07) is 13.0. The molecule has 0 aliphatic heterocycles. The highest BCUT2D eigenvalue weighted by atomic mass is 15.3. The molecular formula is C22H19N7. The van der Waals surface area contributed by atoms with Crippen molar-refractivity contribution >= 4 is 27.9 Å². The number of benzene rings is 1. The van der Waals surface area contributed by atoms with Crippen LogP contribution in [-0.4, -0.2) is 29.7 Å². The Morgan fingerprint density at radius 1 is 1.07 bits per heavy atom. The van der Waals surface area contributed by atoms with Crippen LogP contribution in [0.1, 0.15) is 23.6 Å². The molecule has 0 bridgehead atoms. The van der Waals surface area contributed by atoms with Crippen LogP contribution in [0.5, 0.6) is 0 Å². The first kappa shape index (κ1) is 16.2. The zero-order valence-corrected chi connectivity index (χ0v) is 15.7. The van der Waals surface area contributed by atoms with E-state index in [4.69, 9.17) is 10.8 Å². The van der Waals surface area contributed by atoms with E-state index in [0.717, 1.165) is 52.6 Å². The van der Waals surface area contributed by atoms with Gasteiger partial charge in [0.05, 0.1) is 11.4 Å². The van der Waals surface area contributed by atoms with Crippen molar-refractivity contribution in [1.29, 1.82) is 0 Å². The minimum absolute atomic E-state index is 0.236. The SMILES string of the molecule is Nc1ncnc2c1c(-c1cnc3[nH]ccc3c1)nn2C1CCc2ccccc2C1. The third-order valence-corrected chi connectivity index (χ3v) is 5.86. The van der Waals surface area contributed by atoms with Crippen LogP contribution in [0.2, 0.25) is 0 Å². The van der Waals surface area contributed by atoms with Gasteiger partial charge >= 0.3 is 0 Å². The number of aromatic amines is 1. The quantitative estimate of drug-likeness (QED) is 0.486. The Bertz CT molecular complexity index is 1360. The normalized spacial score (nSPS) is 16.3. The summed E-state index contributed by atoms with van der Waals surface area (Å²) >= 11 is 0. The van der Waals surface area contributed by atoms with E-state index in [1.807, 2.05) is 23.1 Å². The highest BCUT2D eigenvalue weighted by Gasteiger charge is 2.25. The zero-order chi connectivity index (χ0) is 19.4. The highest BCUT2D eigenvalue weighted by molar-refractivity contribution is 5.99. The number of fused-ring (bicyclic) bond motifs is 3. The smallest absolute Gasteiger partial charge is 0.164 e. The van der Waals surface area contributed by atoms with Crippen molar-refractivity contribution in [1.82, 2.24) is 29.7 Å². The summed E-state index contributed by atoms with van der Waals surface area (Å²) in [5.74, 6) is 0.446. The number of nitrogen functional groups attached to an aromatic ring is 1. The number of rotatable bonds is 2. The van der Waals surface area contributed by atoms with Crippen LogP contribution >= 0.6 is 0 Å². The topological polar surface area (TPSA) is 98.3 Å². The van der Waals surface area contributed by atoms with Crippen LogP contribution in [0, 0.1) is 0 Å². The van der Waals surface area contributed by atoms with Gasteiger partial charge in [-0.1, -0.05) is 24.3 Å². The molecule has 0 spiro atoms. The summed E-state index contributed by atoms with van der Waals surface area (Å²) in [6.45, 7) is 0. The number of aromatic nitrogens is 6. The number of pyridine rings is 1. The van der Waals surface area contributed by atoms with Crippen LogP contribution in [-0.2, 0) is 12.8 Å². The number of nitrogens with zero attached hydrogens (tertiary/aromatic N) is 5. The molecule has 1 atom stereocenters. The number of H-pyrrole nitrogens is 1. The number of nitrogens with two attached hydrogens (primary N) is 1. The summed E-state index contributed by atoms with van der Waals surface area (Å²) in [6.07, 6.45) is 8.22. The minimum Gasteiger partial charge on any atom is -0.383 e. The molecule has 0 amide bonds. The molecule has 0 saturated heterocycles. The molecule has 7 heteroatoms. The maximum absolute atomic E-state index is 6.28. The van der Waals surface area contributed by atoms with Crippen LogP contribution in [0.4, 0.5) is 5.82 Å². The van der Waals surface area contributed by atoms with Crippen LogP contribution in [0.15, 0.2) is 55.1 Å². The summed E-state index contributed by atoms with van der Waals surface area (Å²) in [5.41, 5.74) is 12.4. The monoisotopic (exact) mass is 381 g/mol. The van der Waals surface area contributed by atoms with Gasteiger partial charge in [0, 0.05) is 23.3 Å². The van der Waals surface area contributed by atoms with E-state index in [9.17, 15) is 0 Å². The van der Waals surface area contributed by atoms with Crippen molar-refractivity contribution in [2.75, 3.05) is 5.73 Å². The second kappa shape index (κ2) is 6.13. The maximum Gasteiger partial charge on any atom is 0.164 e. The van der Waals surface area contributed by atoms with Gasteiger partial charge in [-0.05, 0) is 42.5 Å². The van der Waals surface area contributed by atoms with Gasteiger partial charge in [-0.15, -0.1) is 0 Å². The molecule has 7 nitrogen and oxygen atoms in total. The molecule has 29 heavy (non-hydrogen) atoms. The van der Waals surface area contributed by atoms with Crippen molar-refractivity contribution < 1.29 is 0 Å². The molecule has 4 heterocycles. The van der Waals surface area contributed by atoms with E-state index in [0.29, 0.717) is 5.82 Å². The lowest BCUT2D eigenvalue weighted by Crippen LogP contribution is -2.20. The van der Waals surface area contributed by atoms with E-state index in [-0.39, 0.29) is 6.04 Å². The molecule has 3 N–H and O–H groups in total. The standard InChI is InChI=1S/C22H19N7/c23-20-18-19(16-9-15-7-8-24-21(15)25-11-16)28-29(22(18)27-12-26-20)17-6-5-13-3-1-2-4-14(13)10-17/h1-4,7-9,11-12,17H,5-6,10H2,(H,24,25)(H2,23,26,27). The fourth-order valence-corrected chi connectivity index (χ4v) is 4.41. The first-order valence-electron chi connectivity index (χ1n) is 9.77. The largest absolute Gasteiger partial charge is 0.383 e. The third kappa shape index (κ3) is 2.51. The first-order valence-corrected chi connectivity index (χ1v) is 9.77. The lowest BCUT2D eigenvalue weighted by molar-refractivity contribution is 0.415. The Morgan fingerprint density at radius 2 is 1.97 bits per heavy atom. The summed E-state index contributed by atoms with van der Waals surface area (Å²) in [5, 5.41) is 6.82. The lowest BCUT2D eigenvalue weighted by atomic mass is 9.88. The Labute approximate surface area is 166 Å². The minimum atomic E-state index is 0.236. The first-order chi connectivity index (χ1) is 14.3. The predicted molar refractivity (Wildman–Crippen MR) is 112 cm³/mol. The summed E-state index contributed by atoms with van der Waals surface area (Å²) < 4.78 is 2.04. The fraction of sp³-hybridized carbons (Fsp3) is 0.182. The number of nitrogens with one attached hydrogen (secondary N) is 1. The Morgan fingerprint density at radius 3 is 2.90 bits per heavy atom. The van der Waals surface area contributed by atoms with Gasteiger partial charge in [-0.2, -0.15) is 5.10 Å². The molecule has 1 aliphatic carbocycles. The van der Waals surface area contributed by atoms with Gasteiger partial charge in [-0.25, -0.2) is 19.6 Å². The second-order valence-electron chi connectivity index (χ2n) is 7.56. The van der Waals surface area contributed by atoms with Crippen molar-refractivity contribution in [3.05, 3.63) is 66.2 Å². The highest BCUT2D eigenvalue weighted by Crippen LogP contribution is 2.36. The fourth-order valence-electron chi connectivity index (χ4n) is 4.41. The van der Waals surface area contributed by atoms with E-state index in [1.54, 1.807) is 0 Å². The lowest BCUT2D eigenvalue weighted by Gasteiger charge is -2.25. The van der Waals surface area contributed by atoms with Gasteiger partial charge in [0.15, 0.2) is 5.65 Å². The van der Waals surface area contributed by atoms with Gasteiger partial charge in [-0.3, -0.25) is 0 Å². The van der Waals surface area contributed by atoms with Crippen molar-refractivity contribution in [2.45, 2.75) is 25.3 Å². The molecule has 0 saturated carbocycles. The average molecular weight is 381 g/mol. The number of anilines is 1. The molecule has 0 radical (unpaired) electrons. The number of hydrogen-bond donors (Lipinski definition) is 2. The molecule has 5 aromatic rings. The average Bonchev–Trinajstić information content (AvgIpc) is 3.38. The summed E-state index contributed by atoms with van der Waals surface area (Å²) in [7, 11) is 0. The molecular weight excluding hydrogens is 362 g/mol. The maximum atomic E-state index is 6.28. The van der Waals surface area contributed by atoms with E-state index >= 15 is 0 Å². The van der Waals surface area contributed by atoms with Crippen LogP contribution < -0.4 is 5.73 Å². The molecule has 1 aromatic carbocycles. The molecule has 1 aliphatic rings. The van der Waals surface area contributed by atoms with Crippen molar-refractivity contribution in [3.63, 3.8) is 0 Å². The molecule has 142 valence electrons. The zero-order valence-electron chi connectivity index (χ0n) is 15.7. The van der Waals surface area contributed by atoms with Crippen molar-refractivity contribution in [2.24, 2.45) is 0 Å². The number of aryl methyl sites for hydroxylation is 1. The van der Waals surface area contributed by atoms with Gasteiger partial charge in [0.1, 0.15) is 23.5 Å². The van der Waals surface area contributed by atoms with Gasteiger partial charge in [0.25, 0.3) is 0 Å². The second-order valence-corrected chi connectivity index (χ2v) is 7.56. The van der Waals surface area contributed by atoms with E-state index < -0.39 is 0 Å². The number of hydrogen-bond acceptors (Lipinski definition) is 5. The van der Waals surface area contributed by atoms with Crippen LogP contribution in [0.25, 0.3) is 33.3 Å². The van der Waals surface area contributed by atoms with Crippen LogP contribution in [0.3, 0.4) is 0 Å². The molecule has 4 aromatic heterocycles. The van der Waals surface area contributed by atoms with Crippen molar-refractivity contribution in [3.8, 4) is 11.3 Å². The molecule has 0 fully saturated rings.